The molecule has 0 spiro atoms. The number of carboxylic acids is 1. The normalized spacial score (nSPS) is 15.3. The molecule has 0 aliphatic heterocycles. The highest BCUT2D eigenvalue weighted by atomic mass is 35.5. The number of benzene rings is 2. The lowest BCUT2D eigenvalue weighted by Crippen LogP contribution is -2.28. The molecule has 0 bridgehead atoms. The Balaban J connectivity index is 1.86. The minimum atomic E-state index is -4.53. The van der Waals surface area contributed by atoms with Gasteiger partial charge in [-0.05, 0) is 54.3 Å². The van der Waals surface area contributed by atoms with Gasteiger partial charge in [0.05, 0.1) is 17.4 Å². The summed E-state index contributed by atoms with van der Waals surface area (Å²) < 4.78 is 39.0. The molecule has 1 fully saturated rings. The van der Waals surface area contributed by atoms with E-state index in [9.17, 15) is 22.8 Å². The zero-order chi connectivity index (χ0) is 19.8. The van der Waals surface area contributed by atoms with Crippen molar-refractivity contribution in [3.63, 3.8) is 0 Å². The van der Waals surface area contributed by atoms with Crippen molar-refractivity contribution in [3.05, 3.63) is 64.2 Å². The Kier molecular flexibility index (Phi) is 4.90. The first-order valence-corrected chi connectivity index (χ1v) is 8.49. The highest BCUT2D eigenvalue weighted by Gasteiger charge is 2.53. The van der Waals surface area contributed by atoms with Gasteiger partial charge in [-0.3, -0.25) is 9.59 Å². The predicted molar refractivity (Wildman–Crippen MR) is 93.8 cm³/mol. The van der Waals surface area contributed by atoms with Crippen molar-refractivity contribution in [2.75, 3.05) is 5.32 Å². The van der Waals surface area contributed by atoms with Crippen molar-refractivity contribution in [1.29, 1.82) is 0 Å². The van der Waals surface area contributed by atoms with Gasteiger partial charge in [-0.25, -0.2) is 0 Å². The second-order valence-corrected chi connectivity index (χ2v) is 6.91. The summed E-state index contributed by atoms with van der Waals surface area (Å²) in [5.41, 5.74) is -0.931. The maximum absolute atomic E-state index is 13.0. The molecule has 0 aromatic heterocycles. The van der Waals surface area contributed by atoms with E-state index in [0.717, 1.165) is 18.2 Å². The molecule has 27 heavy (non-hydrogen) atoms. The first kappa shape index (κ1) is 19.2. The molecule has 2 aromatic carbocycles. The second kappa shape index (κ2) is 6.88. The maximum Gasteiger partial charge on any atom is 0.416 e. The number of halogens is 4. The Bertz CT molecular complexity index is 907. The first-order chi connectivity index (χ1) is 12.6. The van der Waals surface area contributed by atoms with Crippen LogP contribution in [0.25, 0.3) is 0 Å². The van der Waals surface area contributed by atoms with Crippen LogP contribution in [0.15, 0.2) is 42.5 Å². The standard InChI is InChI=1S/C19H15ClF3NO3/c20-15-5-4-12(19(21,22)23)10-14(15)18(6-7-18)17(27)24-13-3-1-2-11(8-13)9-16(25)26/h1-5,8,10H,6-7,9H2,(H,24,27)(H,25,26). The third-order valence-corrected chi connectivity index (χ3v) is 4.86. The number of rotatable bonds is 5. The van der Waals surface area contributed by atoms with E-state index in [1.807, 2.05) is 0 Å². The van der Waals surface area contributed by atoms with Crippen LogP contribution in [0.1, 0.15) is 29.5 Å². The van der Waals surface area contributed by atoms with Crippen LogP contribution in [0.2, 0.25) is 5.02 Å². The fraction of sp³-hybridized carbons (Fsp3) is 0.263. The van der Waals surface area contributed by atoms with Gasteiger partial charge in [-0.2, -0.15) is 13.2 Å². The first-order valence-electron chi connectivity index (χ1n) is 8.11. The number of nitrogens with one attached hydrogen (secondary N) is 1. The lowest BCUT2D eigenvalue weighted by molar-refractivity contribution is -0.138. The molecule has 1 saturated carbocycles. The molecule has 0 heterocycles. The third-order valence-electron chi connectivity index (χ3n) is 4.53. The molecule has 0 saturated heterocycles. The zero-order valence-electron chi connectivity index (χ0n) is 13.9. The highest BCUT2D eigenvalue weighted by molar-refractivity contribution is 6.32. The largest absolute Gasteiger partial charge is 0.481 e. The van der Waals surface area contributed by atoms with E-state index in [0.29, 0.717) is 24.1 Å². The van der Waals surface area contributed by atoms with Crippen LogP contribution in [0, 0.1) is 0 Å². The van der Waals surface area contributed by atoms with Gasteiger partial charge in [0.2, 0.25) is 5.91 Å². The SMILES string of the molecule is O=C(O)Cc1cccc(NC(=O)C2(c3cc(C(F)(F)F)ccc3Cl)CC2)c1. The average molecular weight is 398 g/mol. The summed E-state index contributed by atoms with van der Waals surface area (Å²) in [4.78, 5) is 23.6. The van der Waals surface area contributed by atoms with Crippen LogP contribution < -0.4 is 5.32 Å². The van der Waals surface area contributed by atoms with Crippen molar-refractivity contribution in [2.45, 2.75) is 30.9 Å². The lowest BCUT2D eigenvalue weighted by Gasteiger charge is -2.19. The van der Waals surface area contributed by atoms with Crippen molar-refractivity contribution in [2.24, 2.45) is 0 Å². The van der Waals surface area contributed by atoms with E-state index in [1.54, 1.807) is 18.2 Å². The molecular formula is C19H15ClF3NO3. The van der Waals surface area contributed by atoms with Crippen molar-refractivity contribution >= 4 is 29.2 Å². The number of aliphatic carboxylic acids is 1. The van der Waals surface area contributed by atoms with Crippen molar-refractivity contribution in [1.82, 2.24) is 0 Å². The van der Waals surface area contributed by atoms with E-state index in [4.69, 9.17) is 16.7 Å². The summed E-state index contributed by atoms with van der Waals surface area (Å²) in [6.07, 6.45) is -3.96. The molecule has 3 rings (SSSR count). The van der Waals surface area contributed by atoms with Crippen molar-refractivity contribution < 1.29 is 27.9 Å². The van der Waals surface area contributed by atoms with Gasteiger partial charge in [-0.1, -0.05) is 23.7 Å². The van der Waals surface area contributed by atoms with E-state index >= 15 is 0 Å². The van der Waals surface area contributed by atoms with E-state index in [-0.39, 0.29) is 17.0 Å². The Morgan fingerprint density at radius 1 is 1.15 bits per heavy atom. The summed E-state index contributed by atoms with van der Waals surface area (Å²) in [5, 5.41) is 11.6. The number of carboxylic acid groups (broad SMARTS) is 1. The van der Waals surface area contributed by atoms with Crippen LogP contribution in [0.5, 0.6) is 0 Å². The van der Waals surface area contributed by atoms with E-state index in [1.165, 1.54) is 6.07 Å². The molecule has 8 heteroatoms. The van der Waals surface area contributed by atoms with Gasteiger partial charge in [-0.15, -0.1) is 0 Å². The number of carbonyl (C=O) groups is 2. The lowest BCUT2D eigenvalue weighted by atomic mass is 9.93. The molecule has 2 aromatic rings. The van der Waals surface area contributed by atoms with Gasteiger partial charge < -0.3 is 10.4 Å². The summed E-state index contributed by atoms with van der Waals surface area (Å²) in [6, 6.07) is 9.29. The van der Waals surface area contributed by atoms with Crippen molar-refractivity contribution in [3.8, 4) is 0 Å². The van der Waals surface area contributed by atoms with Crippen LogP contribution >= 0.6 is 11.6 Å². The number of carbonyl (C=O) groups excluding carboxylic acids is 1. The monoisotopic (exact) mass is 397 g/mol. The van der Waals surface area contributed by atoms with Crippen LogP contribution in [0.3, 0.4) is 0 Å². The number of alkyl halides is 3. The average Bonchev–Trinajstić information content (AvgIpc) is 3.35. The minimum Gasteiger partial charge on any atom is -0.481 e. The number of hydrogen-bond donors (Lipinski definition) is 2. The van der Waals surface area contributed by atoms with E-state index < -0.39 is 29.0 Å². The van der Waals surface area contributed by atoms with Gasteiger partial charge in [0.15, 0.2) is 0 Å². The Labute approximate surface area is 158 Å². The Morgan fingerprint density at radius 3 is 2.44 bits per heavy atom. The number of hydrogen-bond acceptors (Lipinski definition) is 2. The predicted octanol–water partition coefficient (Wildman–Crippen LogP) is 4.66. The topological polar surface area (TPSA) is 66.4 Å². The molecule has 0 atom stereocenters. The highest BCUT2D eigenvalue weighted by Crippen LogP contribution is 2.52. The van der Waals surface area contributed by atoms with Gasteiger partial charge in [0.1, 0.15) is 0 Å². The molecule has 1 aliphatic carbocycles. The second-order valence-electron chi connectivity index (χ2n) is 6.50. The van der Waals surface area contributed by atoms with Crippen LogP contribution in [-0.2, 0) is 27.6 Å². The van der Waals surface area contributed by atoms with Gasteiger partial charge >= 0.3 is 12.1 Å². The smallest absolute Gasteiger partial charge is 0.416 e. The fourth-order valence-electron chi connectivity index (χ4n) is 3.00. The molecule has 0 radical (unpaired) electrons. The minimum absolute atomic E-state index is 0.107. The quantitative estimate of drug-likeness (QED) is 0.771. The Hall–Kier alpha value is -2.54. The van der Waals surface area contributed by atoms with Crippen LogP contribution in [0.4, 0.5) is 18.9 Å². The summed E-state index contributed by atoms with van der Waals surface area (Å²) >= 11 is 6.09. The molecule has 142 valence electrons. The third kappa shape index (κ3) is 4.08. The molecular weight excluding hydrogens is 383 g/mol. The molecule has 0 unspecified atom stereocenters. The Morgan fingerprint density at radius 2 is 1.85 bits per heavy atom. The van der Waals surface area contributed by atoms with Crippen LogP contribution in [-0.4, -0.2) is 17.0 Å². The van der Waals surface area contributed by atoms with Gasteiger partial charge in [0, 0.05) is 10.7 Å². The summed E-state index contributed by atoms with van der Waals surface area (Å²) in [7, 11) is 0. The maximum atomic E-state index is 13.0. The van der Waals surface area contributed by atoms with Gasteiger partial charge in [0.25, 0.3) is 0 Å². The summed E-state index contributed by atoms with van der Waals surface area (Å²) in [6.45, 7) is 0. The zero-order valence-corrected chi connectivity index (χ0v) is 14.7. The number of amides is 1. The number of anilines is 1. The molecule has 1 aliphatic rings. The molecule has 2 N–H and O–H groups in total. The fourth-order valence-corrected chi connectivity index (χ4v) is 3.29. The van der Waals surface area contributed by atoms with E-state index in [2.05, 4.69) is 5.32 Å². The molecule has 1 amide bonds. The summed E-state index contributed by atoms with van der Waals surface area (Å²) in [5.74, 6) is -1.47. The molecule has 4 nitrogen and oxygen atoms in total.